The number of carbonyl (C=O) groups excluding carboxylic acids is 1. The SMILES string of the molecule is O=C(O)c1ccc(CN(Cc2ccccc2)C(=O)C2=NO[C@H](c3ccccc3)C2)cc1. The van der Waals surface area contributed by atoms with Gasteiger partial charge in [0.25, 0.3) is 5.91 Å². The van der Waals surface area contributed by atoms with Gasteiger partial charge >= 0.3 is 5.97 Å². The van der Waals surface area contributed by atoms with Crippen LogP contribution in [0.4, 0.5) is 0 Å². The minimum atomic E-state index is -0.979. The molecular weight excluding hydrogens is 392 g/mol. The van der Waals surface area contributed by atoms with E-state index in [4.69, 9.17) is 9.94 Å². The summed E-state index contributed by atoms with van der Waals surface area (Å²) in [4.78, 5) is 31.7. The van der Waals surface area contributed by atoms with Crippen LogP contribution in [0.3, 0.4) is 0 Å². The molecule has 0 saturated carbocycles. The van der Waals surface area contributed by atoms with E-state index in [1.807, 2.05) is 60.7 Å². The van der Waals surface area contributed by atoms with Crippen molar-refractivity contribution in [2.75, 3.05) is 0 Å². The number of oxime groups is 1. The molecule has 0 radical (unpaired) electrons. The van der Waals surface area contributed by atoms with E-state index in [-0.39, 0.29) is 17.6 Å². The molecule has 0 aliphatic carbocycles. The summed E-state index contributed by atoms with van der Waals surface area (Å²) in [6.07, 6.45) is 0.139. The maximum Gasteiger partial charge on any atom is 0.335 e. The van der Waals surface area contributed by atoms with Crippen LogP contribution >= 0.6 is 0 Å². The van der Waals surface area contributed by atoms with Crippen LogP contribution in [-0.2, 0) is 22.7 Å². The third-order valence-corrected chi connectivity index (χ3v) is 5.16. The van der Waals surface area contributed by atoms with Gasteiger partial charge in [0, 0.05) is 19.5 Å². The molecule has 0 saturated heterocycles. The number of rotatable bonds is 7. The normalized spacial score (nSPS) is 15.1. The zero-order chi connectivity index (χ0) is 21.6. The summed E-state index contributed by atoms with van der Waals surface area (Å²) >= 11 is 0. The molecule has 3 aromatic rings. The summed E-state index contributed by atoms with van der Waals surface area (Å²) < 4.78 is 0. The Morgan fingerprint density at radius 2 is 1.45 bits per heavy atom. The van der Waals surface area contributed by atoms with Crippen LogP contribution in [0.2, 0.25) is 0 Å². The molecule has 1 heterocycles. The highest BCUT2D eigenvalue weighted by molar-refractivity contribution is 6.39. The van der Waals surface area contributed by atoms with E-state index in [1.165, 1.54) is 0 Å². The second-order valence-electron chi connectivity index (χ2n) is 7.40. The molecule has 31 heavy (non-hydrogen) atoms. The fourth-order valence-corrected chi connectivity index (χ4v) is 3.51. The molecule has 0 fully saturated rings. The van der Waals surface area contributed by atoms with Crippen molar-refractivity contribution < 1.29 is 19.5 Å². The number of carboxylic acids is 1. The van der Waals surface area contributed by atoms with Crippen LogP contribution in [0.5, 0.6) is 0 Å². The molecular formula is C25H22N2O4. The molecule has 156 valence electrons. The van der Waals surface area contributed by atoms with Gasteiger partial charge in [-0.15, -0.1) is 0 Å². The van der Waals surface area contributed by atoms with Gasteiger partial charge in [-0.2, -0.15) is 0 Å². The fourth-order valence-electron chi connectivity index (χ4n) is 3.51. The van der Waals surface area contributed by atoms with E-state index in [9.17, 15) is 9.59 Å². The maximum atomic E-state index is 13.3. The van der Waals surface area contributed by atoms with Gasteiger partial charge in [-0.25, -0.2) is 4.79 Å². The minimum Gasteiger partial charge on any atom is -0.478 e. The molecule has 1 aliphatic heterocycles. The largest absolute Gasteiger partial charge is 0.478 e. The first kappa shape index (κ1) is 20.3. The Labute approximate surface area is 180 Å². The molecule has 0 bridgehead atoms. The number of amides is 1. The van der Waals surface area contributed by atoms with E-state index < -0.39 is 5.97 Å². The molecule has 0 aromatic heterocycles. The fraction of sp³-hybridized carbons (Fsp3) is 0.160. The van der Waals surface area contributed by atoms with Crippen LogP contribution in [0.15, 0.2) is 90.1 Å². The highest BCUT2D eigenvalue weighted by Crippen LogP contribution is 2.28. The predicted octanol–water partition coefficient (Wildman–Crippen LogP) is 4.43. The second kappa shape index (κ2) is 9.26. The Balaban J connectivity index is 1.52. The lowest BCUT2D eigenvalue weighted by molar-refractivity contribution is -0.125. The van der Waals surface area contributed by atoms with E-state index in [1.54, 1.807) is 29.2 Å². The number of carboxylic acid groups (broad SMARTS) is 1. The van der Waals surface area contributed by atoms with Gasteiger partial charge in [-0.3, -0.25) is 4.79 Å². The van der Waals surface area contributed by atoms with Gasteiger partial charge in [0.05, 0.1) is 5.56 Å². The topological polar surface area (TPSA) is 79.2 Å². The van der Waals surface area contributed by atoms with Crippen molar-refractivity contribution in [2.45, 2.75) is 25.6 Å². The molecule has 6 heteroatoms. The zero-order valence-corrected chi connectivity index (χ0v) is 16.8. The molecule has 1 amide bonds. The van der Waals surface area contributed by atoms with Gasteiger partial charge in [-0.1, -0.05) is 78.0 Å². The number of nitrogens with zero attached hydrogens (tertiary/aromatic N) is 2. The number of benzene rings is 3. The van der Waals surface area contributed by atoms with Crippen LogP contribution in [-0.4, -0.2) is 27.6 Å². The summed E-state index contributed by atoms with van der Waals surface area (Å²) in [5.74, 6) is -1.17. The van der Waals surface area contributed by atoms with Crippen molar-refractivity contribution in [1.29, 1.82) is 0 Å². The van der Waals surface area contributed by atoms with Crippen LogP contribution < -0.4 is 0 Å². The Bertz CT molecular complexity index is 1080. The van der Waals surface area contributed by atoms with Crippen LogP contribution in [0.25, 0.3) is 0 Å². The lowest BCUT2D eigenvalue weighted by Crippen LogP contribution is -2.35. The standard InChI is InChI=1S/C25H22N2O4/c28-24(22-15-23(31-26-22)20-9-5-2-6-10-20)27(16-18-7-3-1-4-8-18)17-19-11-13-21(14-12-19)25(29)30/h1-14,23H,15-17H2,(H,29,30)/t23-/m0/s1. The first-order valence-electron chi connectivity index (χ1n) is 10.0. The highest BCUT2D eigenvalue weighted by Gasteiger charge is 2.30. The monoisotopic (exact) mass is 414 g/mol. The number of aromatic carboxylic acids is 1. The van der Waals surface area contributed by atoms with E-state index in [2.05, 4.69) is 5.16 Å². The first-order valence-corrected chi connectivity index (χ1v) is 10.0. The summed E-state index contributed by atoms with van der Waals surface area (Å²) in [5, 5.41) is 13.2. The lowest BCUT2D eigenvalue weighted by atomic mass is 10.0. The average Bonchev–Trinajstić information content (AvgIpc) is 3.30. The molecule has 6 nitrogen and oxygen atoms in total. The van der Waals surface area contributed by atoms with Gasteiger partial charge in [-0.05, 0) is 28.8 Å². The molecule has 4 rings (SSSR count). The quantitative estimate of drug-likeness (QED) is 0.620. The Hall–Kier alpha value is -3.93. The van der Waals surface area contributed by atoms with Crippen molar-refractivity contribution in [3.05, 3.63) is 107 Å². The van der Waals surface area contributed by atoms with Crippen molar-refractivity contribution in [3.63, 3.8) is 0 Å². The van der Waals surface area contributed by atoms with Crippen molar-refractivity contribution in [3.8, 4) is 0 Å². The minimum absolute atomic E-state index is 0.190. The molecule has 1 aliphatic rings. The molecule has 0 unspecified atom stereocenters. The summed E-state index contributed by atoms with van der Waals surface area (Å²) in [7, 11) is 0. The van der Waals surface area contributed by atoms with Gasteiger partial charge < -0.3 is 14.8 Å². The van der Waals surface area contributed by atoms with E-state index in [0.717, 1.165) is 16.7 Å². The lowest BCUT2D eigenvalue weighted by Gasteiger charge is -2.23. The molecule has 1 atom stereocenters. The average molecular weight is 414 g/mol. The van der Waals surface area contributed by atoms with Crippen molar-refractivity contribution in [2.24, 2.45) is 5.16 Å². The maximum absolute atomic E-state index is 13.3. The van der Waals surface area contributed by atoms with Gasteiger partial charge in [0.1, 0.15) is 5.71 Å². The third kappa shape index (κ3) is 4.98. The predicted molar refractivity (Wildman–Crippen MR) is 116 cm³/mol. The second-order valence-corrected chi connectivity index (χ2v) is 7.40. The van der Waals surface area contributed by atoms with E-state index >= 15 is 0 Å². The number of hydrogen-bond donors (Lipinski definition) is 1. The Morgan fingerprint density at radius 1 is 0.871 bits per heavy atom. The zero-order valence-electron chi connectivity index (χ0n) is 16.8. The van der Waals surface area contributed by atoms with Gasteiger partial charge in [0.15, 0.2) is 6.10 Å². The van der Waals surface area contributed by atoms with E-state index in [0.29, 0.717) is 25.2 Å². The molecule has 1 N–H and O–H groups in total. The number of carbonyl (C=O) groups is 2. The first-order chi connectivity index (χ1) is 15.1. The van der Waals surface area contributed by atoms with Crippen LogP contribution in [0, 0.1) is 0 Å². The van der Waals surface area contributed by atoms with Crippen LogP contribution in [0.1, 0.15) is 39.6 Å². The van der Waals surface area contributed by atoms with Crippen molar-refractivity contribution in [1.82, 2.24) is 4.90 Å². The van der Waals surface area contributed by atoms with Gasteiger partial charge in [0.2, 0.25) is 0 Å². The Kier molecular flexibility index (Phi) is 6.08. The van der Waals surface area contributed by atoms with Crippen molar-refractivity contribution >= 4 is 17.6 Å². The Morgan fingerprint density at radius 3 is 2.06 bits per heavy atom. The molecule has 0 spiro atoms. The summed E-state index contributed by atoms with van der Waals surface area (Å²) in [6.45, 7) is 0.748. The molecule has 3 aromatic carbocycles. The number of hydrogen-bond acceptors (Lipinski definition) is 4. The summed E-state index contributed by atoms with van der Waals surface area (Å²) in [6, 6.07) is 26.0. The summed E-state index contributed by atoms with van der Waals surface area (Å²) in [5.41, 5.74) is 3.41. The smallest absolute Gasteiger partial charge is 0.335 e. The highest BCUT2D eigenvalue weighted by atomic mass is 16.6. The third-order valence-electron chi connectivity index (χ3n) is 5.16.